The number of aromatic nitrogens is 4. The highest BCUT2D eigenvalue weighted by Gasteiger charge is 2.31. The van der Waals surface area contributed by atoms with Crippen LogP contribution in [0.2, 0.25) is 0 Å². The summed E-state index contributed by atoms with van der Waals surface area (Å²) in [6.45, 7) is 3.47. The van der Waals surface area contributed by atoms with Crippen LogP contribution < -0.4 is 5.69 Å². The van der Waals surface area contributed by atoms with Crippen LogP contribution in [-0.2, 0) is 13.1 Å². The smallest absolute Gasteiger partial charge is 0.308 e. The molecule has 2 aromatic carbocycles. The van der Waals surface area contributed by atoms with Gasteiger partial charge in [-0.1, -0.05) is 42.5 Å². The van der Waals surface area contributed by atoms with E-state index in [0.717, 1.165) is 17.8 Å². The molecule has 1 N–H and O–H groups in total. The molecule has 140 valence electrons. The lowest BCUT2D eigenvalue weighted by molar-refractivity contribution is 0.218. The van der Waals surface area contributed by atoms with Crippen molar-refractivity contribution >= 4 is 5.65 Å². The van der Waals surface area contributed by atoms with Gasteiger partial charge in [0.2, 0.25) is 0 Å². The van der Waals surface area contributed by atoms with Gasteiger partial charge < -0.3 is 4.98 Å². The third-order valence-electron chi connectivity index (χ3n) is 5.31. The Morgan fingerprint density at radius 1 is 1.14 bits per heavy atom. The Kier molecular flexibility index (Phi) is 3.84. The molecule has 6 nitrogen and oxygen atoms in total. The van der Waals surface area contributed by atoms with E-state index in [0.29, 0.717) is 12.2 Å². The highest BCUT2D eigenvalue weighted by atomic mass is 19.1. The summed E-state index contributed by atoms with van der Waals surface area (Å²) in [6, 6.07) is 16.6. The van der Waals surface area contributed by atoms with E-state index in [1.165, 1.54) is 16.1 Å². The summed E-state index contributed by atoms with van der Waals surface area (Å²) in [4.78, 5) is 22.3. The minimum atomic E-state index is -0.412. The number of nitrogens with zero attached hydrogens (tertiary/aromatic N) is 4. The molecule has 0 saturated heterocycles. The number of fused-ring (bicyclic) bond motifs is 3. The summed E-state index contributed by atoms with van der Waals surface area (Å²) in [5.41, 5.74) is 3.39. The van der Waals surface area contributed by atoms with Gasteiger partial charge in [-0.05, 0) is 24.6 Å². The number of hydrogen-bond donors (Lipinski definition) is 1. The Labute approximate surface area is 160 Å². The Balaban J connectivity index is 1.59. The molecule has 1 atom stereocenters. The first-order valence-corrected chi connectivity index (χ1v) is 9.16. The third kappa shape index (κ3) is 2.63. The molecule has 7 heteroatoms. The van der Waals surface area contributed by atoms with Crippen LogP contribution in [0.15, 0.2) is 59.4 Å². The van der Waals surface area contributed by atoms with Crippen molar-refractivity contribution in [2.75, 3.05) is 0 Å². The summed E-state index contributed by atoms with van der Waals surface area (Å²) in [6.07, 6.45) is 0. The summed E-state index contributed by atoms with van der Waals surface area (Å²) in [7, 11) is 0. The fourth-order valence-corrected chi connectivity index (χ4v) is 3.82. The molecule has 0 bridgehead atoms. The van der Waals surface area contributed by atoms with E-state index >= 15 is 0 Å². The molecule has 0 spiro atoms. The monoisotopic (exact) mass is 375 g/mol. The van der Waals surface area contributed by atoms with Gasteiger partial charge in [0.1, 0.15) is 5.82 Å². The van der Waals surface area contributed by atoms with Crippen LogP contribution in [0.5, 0.6) is 0 Å². The van der Waals surface area contributed by atoms with Crippen molar-refractivity contribution < 1.29 is 4.39 Å². The summed E-state index contributed by atoms with van der Waals surface area (Å²) in [5.74, 6) is -0.197. The van der Waals surface area contributed by atoms with Crippen molar-refractivity contribution in [2.24, 2.45) is 0 Å². The molecule has 28 heavy (non-hydrogen) atoms. The predicted octanol–water partition coefficient (Wildman–Crippen LogP) is 3.30. The lowest BCUT2D eigenvalue weighted by Crippen LogP contribution is -2.22. The number of benzene rings is 2. The molecule has 0 amide bonds. The van der Waals surface area contributed by atoms with Crippen molar-refractivity contribution in [3.63, 3.8) is 0 Å². The van der Waals surface area contributed by atoms with Gasteiger partial charge in [0.25, 0.3) is 0 Å². The fraction of sp³-hybridized carbons (Fsp3) is 0.190. The van der Waals surface area contributed by atoms with Gasteiger partial charge in [-0.25, -0.2) is 14.2 Å². The first-order valence-electron chi connectivity index (χ1n) is 9.16. The quantitative estimate of drug-likeness (QED) is 0.597. The number of H-pyrrole nitrogens is 1. The van der Waals surface area contributed by atoms with Crippen LogP contribution in [0.3, 0.4) is 0 Å². The normalized spacial score (nSPS) is 16.6. The molecule has 2 aromatic heterocycles. The predicted molar refractivity (Wildman–Crippen MR) is 103 cm³/mol. The Morgan fingerprint density at radius 3 is 2.68 bits per heavy atom. The second-order valence-corrected chi connectivity index (χ2v) is 7.04. The third-order valence-corrected chi connectivity index (χ3v) is 5.31. The van der Waals surface area contributed by atoms with Gasteiger partial charge in [-0.3, -0.25) is 4.90 Å². The number of hydrogen-bond acceptors (Lipinski definition) is 4. The molecule has 1 unspecified atom stereocenters. The molecule has 3 heterocycles. The highest BCUT2D eigenvalue weighted by molar-refractivity contribution is 5.61. The lowest BCUT2D eigenvalue weighted by atomic mass is 10.2. The summed E-state index contributed by atoms with van der Waals surface area (Å²) >= 11 is 0. The van der Waals surface area contributed by atoms with Crippen LogP contribution in [0.1, 0.15) is 29.8 Å². The zero-order chi connectivity index (χ0) is 19.3. The molecule has 0 radical (unpaired) electrons. The largest absolute Gasteiger partial charge is 0.348 e. The molecule has 5 rings (SSSR count). The van der Waals surface area contributed by atoms with Crippen molar-refractivity contribution in [1.29, 1.82) is 0 Å². The van der Waals surface area contributed by atoms with Crippen LogP contribution in [0.25, 0.3) is 17.0 Å². The maximum atomic E-state index is 14.2. The highest BCUT2D eigenvalue weighted by Crippen LogP contribution is 2.34. The summed E-state index contributed by atoms with van der Waals surface area (Å²) < 4.78 is 15.4. The van der Waals surface area contributed by atoms with Crippen molar-refractivity contribution in [3.8, 4) is 11.4 Å². The maximum Gasteiger partial charge on any atom is 0.348 e. The SMILES string of the molecule is CC1c2[nH]c(=O)n3nc(-c4ccccc4F)nc3c2CN1Cc1ccccc1. The van der Waals surface area contributed by atoms with Crippen LogP contribution >= 0.6 is 0 Å². The van der Waals surface area contributed by atoms with E-state index in [-0.39, 0.29) is 23.1 Å². The first-order chi connectivity index (χ1) is 13.6. The molecule has 1 aliphatic rings. The number of halogens is 1. The zero-order valence-electron chi connectivity index (χ0n) is 15.3. The van der Waals surface area contributed by atoms with Crippen LogP contribution in [0.4, 0.5) is 4.39 Å². The van der Waals surface area contributed by atoms with Gasteiger partial charge >= 0.3 is 5.69 Å². The van der Waals surface area contributed by atoms with E-state index in [1.54, 1.807) is 18.2 Å². The molecule has 0 fully saturated rings. The van der Waals surface area contributed by atoms with Crippen molar-refractivity contribution in [1.82, 2.24) is 24.5 Å². The minimum absolute atomic E-state index is 0.0431. The van der Waals surface area contributed by atoms with E-state index in [1.807, 2.05) is 18.2 Å². The Morgan fingerprint density at radius 2 is 1.89 bits per heavy atom. The van der Waals surface area contributed by atoms with Gasteiger partial charge in [0.05, 0.1) is 5.56 Å². The second kappa shape index (κ2) is 6.38. The molecule has 0 saturated carbocycles. The van der Waals surface area contributed by atoms with E-state index in [2.05, 4.69) is 39.0 Å². The fourth-order valence-electron chi connectivity index (χ4n) is 3.82. The van der Waals surface area contributed by atoms with Gasteiger partial charge in [-0.15, -0.1) is 5.10 Å². The standard InChI is InChI=1S/C21H18FN5O/c1-13-18-16(12-26(13)11-14-7-3-2-4-8-14)20-24-19(25-27(20)21(28)23-18)15-9-5-6-10-17(15)22/h2-10,13H,11-12H2,1H3,(H,23,28). The molecule has 0 aliphatic carbocycles. The van der Waals surface area contributed by atoms with Crippen LogP contribution in [0, 0.1) is 5.82 Å². The van der Waals surface area contributed by atoms with Gasteiger partial charge in [0, 0.05) is 30.4 Å². The summed E-state index contributed by atoms with van der Waals surface area (Å²) in [5, 5.41) is 4.26. The van der Waals surface area contributed by atoms with Gasteiger partial charge in [0.15, 0.2) is 11.5 Å². The molecular weight excluding hydrogens is 357 g/mol. The molecule has 4 aromatic rings. The molecular formula is C21H18FN5O. The Hall–Kier alpha value is -3.32. The zero-order valence-corrected chi connectivity index (χ0v) is 15.3. The second-order valence-electron chi connectivity index (χ2n) is 7.04. The maximum absolute atomic E-state index is 14.2. The van der Waals surface area contributed by atoms with Crippen LogP contribution in [-0.4, -0.2) is 24.5 Å². The van der Waals surface area contributed by atoms with E-state index < -0.39 is 5.82 Å². The van der Waals surface area contributed by atoms with Crippen molar-refractivity contribution in [2.45, 2.75) is 26.1 Å². The number of aromatic amines is 1. The Bertz CT molecular complexity index is 1230. The van der Waals surface area contributed by atoms with Crippen molar-refractivity contribution in [3.05, 3.63) is 87.7 Å². The van der Waals surface area contributed by atoms with Gasteiger partial charge in [-0.2, -0.15) is 4.52 Å². The number of rotatable bonds is 3. The number of nitrogens with one attached hydrogen (secondary N) is 1. The average molecular weight is 375 g/mol. The first kappa shape index (κ1) is 16.8. The minimum Gasteiger partial charge on any atom is -0.308 e. The van der Waals surface area contributed by atoms with E-state index in [4.69, 9.17) is 0 Å². The topological polar surface area (TPSA) is 66.3 Å². The lowest BCUT2D eigenvalue weighted by Gasteiger charge is -2.20. The molecule has 1 aliphatic heterocycles. The van der Waals surface area contributed by atoms with E-state index in [9.17, 15) is 9.18 Å². The average Bonchev–Trinajstić information content (AvgIpc) is 3.27.